The Hall–Kier alpha value is -1.31. The Morgan fingerprint density at radius 3 is 2.87 bits per heavy atom. The lowest BCUT2D eigenvalue weighted by Gasteiger charge is -2.04. The highest BCUT2D eigenvalue weighted by atomic mass is 35.5. The number of pyridine rings is 1. The van der Waals surface area contributed by atoms with E-state index in [1.54, 1.807) is 13.0 Å². The number of nitrogens with zero attached hydrogens (tertiary/aromatic N) is 2. The molecule has 0 saturated heterocycles. The first-order valence-electron chi connectivity index (χ1n) is 4.03. The monoisotopic (exact) mass is 244 g/mol. The summed E-state index contributed by atoms with van der Waals surface area (Å²) in [6.45, 7) is 1.87. The Bertz CT molecular complexity index is 440. The summed E-state index contributed by atoms with van der Waals surface area (Å²) in [5.41, 5.74) is -0.0733. The molecule has 0 aliphatic heterocycles. The Kier molecular flexibility index (Phi) is 3.89. The molecular weight excluding hydrogens is 239 g/mol. The summed E-state index contributed by atoms with van der Waals surface area (Å²) in [6.07, 6.45) is 1.19. The van der Waals surface area contributed by atoms with E-state index < -0.39 is 5.97 Å². The number of halogens is 2. The zero-order valence-electron chi connectivity index (χ0n) is 7.75. The van der Waals surface area contributed by atoms with Crippen molar-refractivity contribution in [1.82, 2.24) is 4.98 Å². The molecule has 0 aromatic carbocycles. The molecule has 0 aliphatic rings. The number of carbonyl (C=O) groups is 1. The minimum atomic E-state index is -0.671. The van der Waals surface area contributed by atoms with Crippen molar-refractivity contribution in [3.8, 4) is 6.07 Å². The molecule has 0 radical (unpaired) electrons. The van der Waals surface area contributed by atoms with Gasteiger partial charge in [-0.05, 0) is 6.92 Å². The minimum absolute atomic E-state index is 0.0244. The average molecular weight is 245 g/mol. The molecular formula is C9H6Cl2N2O2. The molecule has 0 saturated carbocycles. The van der Waals surface area contributed by atoms with Gasteiger partial charge >= 0.3 is 5.97 Å². The standard InChI is InChI=1S/C9H6Cl2N2O2/c1-2-15-9(14)8-7(11)5(3-12)6(10)4-13-8/h4H,2H2,1H3. The number of esters is 1. The van der Waals surface area contributed by atoms with E-state index in [2.05, 4.69) is 4.98 Å². The van der Waals surface area contributed by atoms with Crippen LogP contribution in [-0.4, -0.2) is 17.6 Å². The number of hydrogen-bond acceptors (Lipinski definition) is 4. The van der Waals surface area contributed by atoms with Crippen molar-refractivity contribution in [2.75, 3.05) is 6.61 Å². The van der Waals surface area contributed by atoms with E-state index >= 15 is 0 Å². The number of carbonyl (C=O) groups excluding carboxylic acids is 1. The van der Waals surface area contributed by atoms with Gasteiger partial charge in [-0.3, -0.25) is 0 Å². The number of hydrogen-bond donors (Lipinski definition) is 0. The SMILES string of the molecule is CCOC(=O)c1ncc(Cl)c(C#N)c1Cl. The van der Waals surface area contributed by atoms with E-state index in [1.165, 1.54) is 6.20 Å². The molecule has 4 nitrogen and oxygen atoms in total. The van der Waals surface area contributed by atoms with Gasteiger partial charge in [0, 0.05) is 6.20 Å². The molecule has 1 rings (SSSR count). The highest BCUT2D eigenvalue weighted by Gasteiger charge is 2.18. The van der Waals surface area contributed by atoms with Crippen LogP contribution in [0, 0.1) is 11.3 Å². The quantitative estimate of drug-likeness (QED) is 0.750. The van der Waals surface area contributed by atoms with Crippen molar-refractivity contribution in [2.24, 2.45) is 0 Å². The van der Waals surface area contributed by atoms with Gasteiger partial charge in [0.1, 0.15) is 6.07 Å². The second kappa shape index (κ2) is 4.96. The van der Waals surface area contributed by atoms with Crippen molar-refractivity contribution in [3.05, 3.63) is 27.5 Å². The summed E-state index contributed by atoms with van der Waals surface area (Å²) in [6, 6.07) is 1.79. The van der Waals surface area contributed by atoms with Gasteiger partial charge in [-0.25, -0.2) is 9.78 Å². The summed E-state index contributed by atoms with van der Waals surface area (Å²) in [7, 11) is 0. The lowest BCUT2D eigenvalue weighted by molar-refractivity contribution is 0.0519. The van der Waals surface area contributed by atoms with Crippen LogP contribution in [0.4, 0.5) is 0 Å². The normalized spacial score (nSPS) is 9.47. The van der Waals surface area contributed by atoms with Crippen LogP contribution < -0.4 is 0 Å². The van der Waals surface area contributed by atoms with Crippen LogP contribution in [0.25, 0.3) is 0 Å². The van der Waals surface area contributed by atoms with Gasteiger partial charge in [0.15, 0.2) is 5.69 Å². The molecule has 0 fully saturated rings. The van der Waals surface area contributed by atoms with Gasteiger partial charge in [-0.15, -0.1) is 0 Å². The lowest BCUT2D eigenvalue weighted by atomic mass is 10.2. The molecule has 0 spiro atoms. The van der Waals surface area contributed by atoms with Crippen molar-refractivity contribution in [2.45, 2.75) is 6.92 Å². The predicted octanol–water partition coefficient (Wildman–Crippen LogP) is 2.44. The Balaban J connectivity index is 3.23. The zero-order chi connectivity index (χ0) is 11.4. The third-order valence-corrected chi connectivity index (χ3v) is 2.21. The van der Waals surface area contributed by atoms with Crippen LogP contribution in [0.1, 0.15) is 23.0 Å². The van der Waals surface area contributed by atoms with E-state index in [4.69, 9.17) is 33.2 Å². The smallest absolute Gasteiger partial charge is 0.358 e. The largest absolute Gasteiger partial charge is 0.461 e. The van der Waals surface area contributed by atoms with Crippen LogP contribution >= 0.6 is 23.2 Å². The van der Waals surface area contributed by atoms with E-state index in [0.717, 1.165) is 0 Å². The topological polar surface area (TPSA) is 63.0 Å². The van der Waals surface area contributed by atoms with Crippen LogP contribution in [-0.2, 0) is 4.74 Å². The molecule has 1 aromatic heterocycles. The highest BCUT2D eigenvalue weighted by molar-refractivity contribution is 6.38. The van der Waals surface area contributed by atoms with E-state index in [1.807, 2.05) is 0 Å². The fourth-order valence-corrected chi connectivity index (χ4v) is 1.41. The predicted molar refractivity (Wildman–Crippen MR) is 54.9 cm³/mol. The highest BCUT2D eigenvalue weighted by Crippen LogP contribution is 2.25. The maximum absolute atomic E-state index is 11.3. The van der Waals surface area contributed by atoms with Crippen LogP contribution in [0.5, 0.6) is 0 Å². The molecule has 6 heteroatoms. The summed E-state index contributed by atoms with van der Waals surface area (Å²) in [4.78, 5) is 15.0. The van der Waals surface area contributed by atoms with Crippen LogP contribution in [0.3, 0.4) is 0 Å². The molecule has 0 bridgehead atoms. The second-order valence-electron chi connectivity index (χ2n) is 2.48. The zero-order valence-corrected chi connectivity index (χ0v) is 9.26. The third kappa shape index (κ3) is 2.38. The van der Waals surface area contributed by atoms with Crippen LogP contribution in [0.15, 0.2) is 6.20 Å². The first-order chi connectivity index (χ1) is 7.11. The number of ether oxygens (including phenoxy) is 1. The number of rotatable bonds is 2. The Morgan fingerprint density at radius 2 is 2.33 bits per heavy atom. The first-order valence-corrected chi connectivity index (χ1v) is 4.78. The lowest BCUT2D eigenvalue weighted by Crippen LogP contribution is -2.08. The van der Waals surface area contributed by atoms with Crippen molar-refractivity contribution in [1.29, 1.82) is 5.26 Å². The average Bonchev–Trinajstić information content (AvgIpc) is 2.18. The molecule has 0 atom stereocenters. The molecule has 15 heavy (non-hydrogen) atoms. The van der Waals surface area contributed by atoms with Gasteiger partial charge in [0.05, 0.1) is 22.2 Å². The van der Waals surface area contributed by atoms with Crippen molar-refractivity contribution in [3.63, 3.8) is 0 Å². The summed E-state index contributed by atoms with van der Waals surface area (Å²) >= 11 is 11.4. The molecule has 1 heterocycles. The molecule has 0 amide bonds. The summed E-state index contributed by atoms with van der Waals surface area (Å²) in [5, 5.41) is 8.76. The Morgan fingerprint density at radius 1 is 1.67 bits per heavy atom. The van der Waals surface area contributed by atoms with Gasteiger partial charge in [0.25, 0.3) is 0 Å². The maximum atomic E-state index is 11.3. The maximum Gasteiger partial charge on any atom is 0.358 e. The molecule has 0 aliphatic carbocycles. The van der Waals surface area contributed by atoms with Crippen molar-refractivity contribution >= 4 is 29.2 Å². The molecule has 0 N–H and O–H groups in total. The minimum Gasteiger partial charge on any atom is -0.461 e. The van der Waals surface area contributed by atoms with Crippen LogP contribution in [0.2, 0.25) is 10.0 Å². The second-order valence-corrected chi connectivity index (χ2v) is 3.26. The van der Waals surface area contributed by atoms with E-state index in [9.17, 15) is 4.79 Å². The van der Waals surface area contributed by atoms with Crippen molar-refractivity contribution < 1.29 is 9.53 Å². The fourth-order valence-electron chi connectivity index (χ4n) is 0.910. The number of nitriles is 1. The Labute approximate surface area is 96.4 Å². The fraction of sp³-hybridized carbons (Fsp3) is 0.222. The molecule has 78 valence electrons. The van der Waals surface area contributed by atoms with Gasteiger partial charge in [0.2, 0.25) is 0 Å². The molecule has 0 unspecified atom stereocenters. The van der Waals surface area contributed by atoms with Gasteiger partial charge in [-0.1, -0.05) is 23.2 Å². The summed E-state index contributed by atoms with van der Waals surface area (Å²) in [5.74, 6) is -0.671. The number of aromatic nitrogens is 1. The van der Waals surface area contributed by atoms with E-state index in [0.29, 0.717) is 0 Å². The summed E-state index contributed by atoms with van der Waals surface area (Å²) < 4.78 is 4.71. The first kappa shape index (κ1) is 11.8. The van der Waals surface area contributed by atoms with Gasteiger partial charge in [-0.2, -0.15) is 5.26 Å². The van der Waals surface area contributed by atoms with E-state index in [-0.39, 0.29) is 27.9 Å². The van der Waals surface area contributed by atoms with Gasteiger partial charge < -0.3 is 4.74 Å². The third-order valence-electron chi connectivity index (χ3n) is 1.55. The molecule has 1 aromatic rings.